The number of aromatic nitrogens is 3. The van der Waals surface area contributed by atoms with Gasteiger partial charge in [0.05, 0.1) is 0 Å². The SMILES string of the molecule is Cn1cnnc1C(F)F. The van der Waals surface area contributed by atoms with E-state index in [0.29, 0.717) is 0 Å². The van der Waals surface area contributed by atoms with E-state index in [2.05, 4.69) is 10.2 Å². The number of hydrogen-bond donors (Lipinski definition) is 0. The van der Waals surface area contributed by atoms with Crippen LogP contribution in [-0.2, 0) is 7.05 Å². The lowest BCUT2D eigenvalue weighted by Crippen LogP contribution is -1.96. The van der Waals surface area contributed by atoms with Crippen molar-refractivity contribution in [1.82, 2.24) is 14.8 Å². The van der Waals surface area contributed by atoms with Gasteiger partial charge in [0, 0.05) is 7.05 Å². The number of alkyl halides is 2. The zero-order chi connectivity index (χ0) is 6.85. The van der Waals surface area contributed by atoms with Crippen LogP contribution in [0.25, 0.3) is 0 Å². The molecule has 1 aromatic rings. The van der Waals surface area contributed by atoms with Gasteiger partial charge in [-0.1, -0.05) is 0 Å². The Bertz CT molecular complexity index is 195. The predicted octanol–water partition coefficient (Wildman–Crippen LogP) is 0.753. The van der Waals surface area contributed by atoms with Gasteiger partial charge in [-0.05, 0) is 0 Å². The highest BCUT2D eigenvalue weighted by atomic mass is 19.3. The summed E-state index contributed by atoms with van der Waals surface area (Å²) in [6, 6.07) is 0. The molecule has 0 fully saturated rings. The van der Waals surface area contributed by atoms with Gasteiger partial charge in [0.25, 0.3) is 6.43 Å². The van der Waals surface area contributed by atoms with Gasteiger partial charge in [0.15, 0.2) is 5.82 Å². The summed E-state index contributed by atoms with van der Waals surface area (Å²) in [5.41, 5.74) is 0. The molecule has 0 aromatic carbocycles. The molecule has 0 aliphatic carbocycles. The van der Waals surface area contributed by atoms with E-state index in [9.17, 15) is 8.78 Å². The van der Waals surface area contributed by atoms with Crippen LogP contribution in [0.3, 0.4) is 0 Å². The molecule has 0 radical (unpaired) electrons. The average Bonchev–Trinajstić information content (AvgIpc) is 2.13. The topological polar surface area (TPSA) is 30.7 Å². The summed E-state index contributed by atoms with van der Waals surface area (Å²) in [7, 11) is 1.47. The first kappa shape index (κ1) is 6.12. The van der Waals surface area contributed by atoms with Crippen LogP contribution in [-0.4, -0.2) is 14.8 Å². The van der Waals surface area contributed by atoms with Gasteiger partial charge in [-0.25, -0.2) is 8.78 Å². The lowest BCUT2D eigenvalue weighted by molar-refractivity contribution is 0.136. The Morgan fingerprint density at radius 1 is 1.67 bits per heavy atom. The van der Waals surface area contributed by atoms with Crippen molar-refractivity contribution >= 4 is 0 Å². The average molecular weight is 133 g/mol. The Kier molecular flexibility index (Phi) is 1.42. The molecule has 0 spiro atoms. The molecule has 3 nitrogen and oxygen atoms in total. The third-order valence-electron chi connectivity index (χ3n) is 0.942. The van der Waals surface area contributed by atoms with E-state index in [-0.39, 0.29) is 5.82 Å². The second kappa shape index (κ2) is 2.08. The summed E-state index contributed by atoms with van der Waals surface area (Å²) in [5, 5.41) is 6.45. The molecule has 0 bridgehead atoms. The summed E-state index contributed by atoms with van der Waals surface area (Å²) >= 11 is 0. The second-order valence-electron chi connectivity index (χ2n) is 1.60. The van der Waals surface area contributed by atoms with E-state index in [1.165, 1.54) is 17.9 Å². The molecule has 0 atom stereocenters. The minimum atomic E-state index is -2.53. The Hall–Kier alpha value is -1.00. The zero-order valence-electron chi connectivity index (χ0n) is 4.75. The number of aryl methyl sites for hydroxylation is 1. The molecule has 1 heterocycles. The van der Waals surface area contributed by atoms with Crippen LogP contribution in [0, 0.1) is 0 Å². The monoisotopic (exact) mass is 133 g/mol. The van der Waals surface area contributed by atoms with Gasteiger partial charge in [-0.3, -0.25) is 0 Å². The Morgan fingerprint density at radius 3 is 2.56 bits per heavy atom. The fourth-order valence-corrected chi connectivity index (χ4v) is 0.490. The fraction of sp³-hybridized carbons (Fsp3) is 0.500. The van der Waals surface area contributed by atoms with E-state index in [1.54, 1.807) is 0 Å². The molecule has 0 N–H and O–H groups in total. The molecule has 5 heteroatoms. The summed E-state index contributed by atoms with van der Waals surface area (Å²) in [5.74, 6) is -0.296. The minimum Gasteiger partial charge on any atom is -0.316 e. The van der Waals surface area contributed by atoms with Crippen molar-refractivity contribution in [3.63, 3.8) is 0 Å². The molecule has 0 aliphatic rings. The normalized spacial score (nSPS) is 10.7. The third kappa shape index (κ3) is 1.04. The van der Waals surface area contributed by atoms with Crippen molar-refractivity contribution in [1.29, 1.82) is 0 Å². The van der Waals surface area contributed by atoms with Crippen molar-refractivity contribution in [3.05, 3.63) is 12.2 Å². The molecule has 1 rings (SSSR count). The van der Waals surface area contributed by atoms with Crippen molar-refractivity contribution in [3.8, 4) is 0 Å². The molecule has 0 saturated heterocycles. The van der Waals surface area contributed by atoms with Gasteiger partial charge in [0.2, 0.25) is 0 Å². The largest absolute Gasteiger partial charge is 0.316 e. The quantitative estimate of drug-likeness (QED) is 0.566. The lowest BCUT2D eigenvalue weighted by Gasteiger charge is -1.94. The van der Waals surface area contributed by atoms with Crippen LogP contribution >= 0.6 is 0 Å². The molecule has 0 aliphatic heterocycles. The van der Waals surface area contributed by atoms with E-state index in [4.69, 9.17) is 0 Å². The van der Waals surface area contributed by atoms with Crippen molar-refractivity contribution < 1.29 is 8.78 Å². The van der Waals surface area contributed by atoms with Crippen LogP contribution in [0.2, 0.25) is 0 Å². The van der Waals surface area contributed by atoms with Crippen LogP contribution in [0.15, 0.2) is 6.33 Å². The highest BCUT2D eigenvalue weighted by Crippen LogP contribution is 2.13. The first-order valence-electron chi connectivity index (χ1n) is 2.34. The van der Waals surface area contributed by atoms with E-state index >= 15 is 0 Å². The van der Waals surface area contributed by atoms with Crippen LogP contribution in [0.1, 0.15) is 12.2 Å². The maximum Gasteiger partial charge on any atom is 0.297 e. The van der Waals surface area contributed by atoms with Gasteiger partial charge in [-0.15, -0.1) is 10.2 Å². The maximum absolute atomic E-state index is 11.7. The molecule has 50 valence electrons. The highest BCUT2D eigenvalue weighted by molar-refractivity contribution is 4.84. The van der Waals surface area contributed by atoms with Gasteiger partial charge in [0.1, 0.15) is 6.33 Å². The number of nitrogens with zero attached hydrogens (tertiary/aromatic N) is 3. The number of rotatable bonds is 1. The summed E-state index contributed by atoms with van der Waals surface area (Å²) < 4.78 is 24.7. The molecule has 1 aromatic heterocycles. The summed E-state index contributed by atoms with van der Waals surface area (Å²) in [6.45, 7) is 0. The summed E-state index contributed by atoms with van der Waals surface area (Å²) in [4.78, 5) is 0. The molecule has 0 unspecified atom stereocenters. The number of hydrogen-bond acceptors (Lipinski definition) is 2. The Morgan fingerprint density at radius 2 is 2.33 bits per heavy atom. The van der Waals surface area contributed by atoms with Crippen molar-refractivity contribution in [2.24, 2.45) is 7.05 Å². The van der Waals surface area contributed by atoms with Crippen LogP contribution < -0.4 is 0 Å². The summed E-state index contributed by atoms with van der Waals surface area (Å²) in [6.07, 6.45) is -1.29. The van der Waals surface area contributed by atoms with Gasteiger partial charge in [-0.2, -0.15) is 0 Å². The third-order valence-corrected chi connectivity index (χ3v) is 0.942. The molecule has 0 saturated carbocycles. The maximum atomic E-state index is 11.7. The highest BCUT2D eigenvalue weighted by Gasteiger charge is 2.11. The number of halogens is 2. The van der Waals surface area contributed by atoms with Crippen LogP contribution in [0.5, 0.6) is 0 Å². The standard InChI is InChI=1S/C4H5F2N3/c1-9-2-7-8-4(9)3(5)6/h2-3H,1H3. The van der Waals surface area contributed by atoms with Crippen molar-refractivity contribution in [2.45, 2.75) is 6.43 Å². The second-order valence-corrected chi connectivity index (χ2v) is 1.60. The minimum absolute atomic E-state index is 0.296. The Balaban J connectivity index is 2.94. The smallest absolute Gasteiger partial charge is 0.297 e. The van der Waals surface area contributed by atoms with Crippen molar-refractivity contribution in [2.75, 3.05) is 0 Å². The molecule has 0 amide bonds. The molecular weight excluding hydrogens is 128 g/mol. The van der Waals surface area contributed by atoms with E-state index in [1.807, 2.05) is 0 Å². The van der Waals surface area contributed by atoms with E-state index in [0.717, 1.165) is 0 Å². The van der Waals surface area contributed by atoms with Crippen LogP contribution in [0.4, 0.5) is 8.78 Å². The first-order chi connectivity index (χ1) is 4.22. The van der Waals surface area contributed by atoms with Gasteiger partial charge >= 0.3 is 0 Å². The Labute approximate surface area is 50.3 Å². The van der Waals surface area contributed by atoms with E-state index < -0.39 is 6.43 Å². The molecule has 9 heavy (non-hydrogen) atoms. The predicted molar refractivity (Wildman–Crippen MR) is 26.0 cm³/mol. The zero-order valence-corrected chi connectivity index (χ0v) is 4.75. The molecular formula is C4H5F2N3. The lowest BCUT2D eigenvalue weighted by atomic mass is 10.6. The first-order valence-corrected chi connectivity index (χ1v) is 2.34. The fourth-order valence-electron chi connectivity index (χ4n) is 0.490. The van der Waals surface area contributed by atoms with Gasteiger partial charge < -0.3 is 4.57 Å².